The number of nitrogens with zero attached hydrogens (tertiary/aromatic N) is 2. The molecule has 0 aromatic rings. The Hall–Kier alpha value is -0.610. The largest absolute Gasteiger partial charge is 0.355 e. The minimum absolute atomic E-state index is 0.240. The van der Waals surface area contributed by atoms with Gasteiger partial charge in [0.2, 0.25) is 5.91 Å². The lowest BCUT2D eigenvalue weighted by atomic mass is 9.95. The first-order chi connectivity index (χ1) is 10.5. The molecule has 1 atom stereocenters. The normalized spacial score (nSPS) is 25.5. The van der Waals surface area contributed by atoms with Crippen molar-refractivity contribution in [3.8, 4) is 0 Å². The number of likely N-dealkylation sites (tertiary alicyclic amines) is 2. The van der Waals surface area contributed by atoms with Gasteiger partial charge in [-0.15, -0.1) is 0 Å². The first-order valence-electron chi connectivity index (χ1n) is 9.27. The van der Waals surface area contributed by atoms with Crippen LogP contribution in [0.15, 0.2) is 0 Å². The Morgan fingerprint density at radius 2 is 1.86 bits per heavy atom. The van der Waals surface area contributed by atoms with Crippen LogP contribution in [-0.2, 0) is 4.79 Å². The Bertz CT molecular complexity index is 337. The summed E-state index contributed by atoms with van der Waals surface area (Å²) >= 11 is 0. The lowest BCUT2D eigenvalue weighted by Gasteiger charge is -2.33. The SMILES string of the molecule is CC(C)CN1CCC(C(=O)NCCN2CCCC(C)C2)CC1. The van der Waals surface area contributed by atoms with Crippen molar-refractivity contribution in [3.05, 3.63) is 0 Å². The molecule has 2 rings (SSSR count). The van der Waals surface area contributed by atoms with Crippen molar-refractivity contribution in [1.29, 1.82) is 0 Å². The summed E-state index contributed by atoms with van der Waals surface area (Å²) in [5, 5.41) is 3.17. The zero-order chi connectivity index (χ0) is 15.9. The quantitative estimate of drug-likeness (QED) is 0.817. The zero-order valence-electron chi connectivity index (χ0n) is 14.8. The van der Waals surface area contributed by atoms with Gasteiger partial charge in [0.25, 0.3) is 0 Å². The predicted molar refractivity (Wildman–Crippen MR) is 91.8 cm³/mol. The van der Waals surface area contributed by atoms with Gasteiger partial charge in [-0.3, -0.25) is 4.79 Å². The molecule has 0 aromatic heterocycles. The van der Waals surface area contributed by atoms with E-state index in [1.165, 1.54) is 32.5 Å². The molecule has 0 radical (unpaired) electrons. The monoisotopic (exact) mass is 309 g/mol. The average Bonchev–Trinajstić information content (AvgIpc) is 2.47. The van der Waals surface area contributed by atoms with Crippen molar-refractivity contribution in [1.82, 2.24) is 15.1 Å². The van der Waals surface area contributed by atoms with Crippen molar-refractivity contribution < 1.29 is 4.79 Å². The second-order valence-electron chi connectivity index (χ2n) is 7.81. The predicted octanol–water partition coefficient (Wildman–Crippen LogP) is 2.20. The van der Waals surface area contributed by atoms with Crippen LogP contribution in [-0.4, -0.2) is 61.5 Å². The summed E-state index contributed by atoms with van der Waals surface area (Å²) in [6.45, 7) is 14.4. The number of carbonyl (C=O) groups excluding carboxylic acids is 1. The van der Waals surface area contributed by atoms with E-state index in [-0.39, 0.29) is 11.8 Å². The molecule has 0 aliphatic carbocycles. The van der Waals surface area contributed by atoms with E-state index < -0.39 is 0 Å². The van der Waals surface area contributed by atoms with Gasteiger partial charge in [-0.25, -0.2) is 0 Å². The van der Waals surface area contributed by atoms with Gasteiger partial charge in [0, 0.05) is 32.1 Å². The van der Waals surface area contributed by atoms with Crippen LogP contribution in [0.4, 0.5) is 0 Å². The van der Waals surface area contributed by atoms with Crippen molar-refractivity contribution in [2.24, 2.45) is 17.8 Å². The molecule has 22 heavy (non-hydrogen) atoms. The fourth-order valence-electron chi connectivity index (χ4n) is 3.87. The smallest absolute Gasteiger partial charge is 0.223 e. The first-order valence-corrected chi connectivity index (χ1v) is 9.27. The van der Waals surface area contributed by atoms with Crippen molar-refractivity contribution in [3.63, 3.8) is 0 Å². The number of nitrogens with one attached hydrogen (secondary N) is 1. The Labute approximate surface area is 136 Å². The van der Waals surface area contributed by atoms with E-state index in [1.54, 1.807) is 0 Å². The summed E-state index contributed by atoms with van der Waals surface area (Å²) in [4.78, 5) is 17.3. The van der Waals surface area contributed by atoms with Gasteiger partial charge in [-0.2, -0.15) is 0 Å². The molecule has 0 saturated carbocycles. The molecule has 2 aliphatic heterocycles. The summed E-state index contributed by atoms with van der Waals surface area (Å²) in [6.07, 6.45) is 4.72. The molecule has 128 valence electrons. The molecule has 2 saturated heterocycles. The molecule has 1 unspecified atom stereocenters. The maximum Gasteiger partial charge on any atom is 0.223 e. The lowest BCUT2D eigenvalue weighted by Crippen LogP contribution is -2.44. The topological polar surface area (TPSA) is 35.6 Å². The molecule has 0 aromatic carbocycles. The number of amides is 1. The number of hydrogen-bond donors (Lipinski definition) is 1. The van der Waals surface area contributed by atoms with Crippen LogP contribution in [0.1, 0.15) is 46.5 Å². The highest BCUT2D eigenvalue weighted by atomic mass is 16.1. The van der Waals surface area contributed by atoms with E-state index >= 15 is 0 Å². The molecular weight excluding hydrogens is 274 g/mol. The van der Waals surface area contributed by atoms with Gasteiger partial charge in [-0.05, 0) is 57.2 Å². The Morgan fingerprint density at radius 1 is 1.14 bits per heavy atom. The molecule has 4 heteroatoms. The Kier molecular flexibility index (Phi) is 7.16. The molecule has 2 heterocycles. The van der Waals surface area contributed by atoms with E-state index in [9.17, 15) is 4.79 Å². The van der Waals surface area contributed by atoms with Crippen LogP contribution < -0.4 is 5.32 Å². The van der Waals surface area contributed by atoms with Crippen LogP contribution in [0.3, 0.4) is 0 Å². The highest BCUT2D eigenvalue weighted by Gasteiger charge is 2.25. The number of rotatable bonds is 6. The Balaban J connectivity index is 1.60. The number of carbonyl (C=O) groups is 1. The lowest BCUT2D eigenvalue weighted by molar-refractivity contribution is -0.126. The highest BCUT2D eigenvalue weighted by molar-refractivity contribution is 5.78. The summed E-state index contributed by atoms with van der Waals surface area (Å²) in [5.41, 5.74) is 0. The molecule has 2 fully saturated rings. The third-order valence-electron chi connectivity index (χ3n) is 5.05. The summed E-state index contributed by atoms with van der Waals surface area (Å²) in [7, 11) is 0. The van der Waals surface area contributed by atoms with Crippen LogP contribution in [0.2, 0.25) is 0 Å². The second kappa shape index (κ2) is 8.88. The van der Waals surface area contributed by atoms with Crippen LogP contribution >= 0.6 is 0 Å². The van der Waals surface area contributed by atoms with Gasteiger partial charge in [-0.1, -0.05) is 20.8 Å². The third kappa shape index (κ3) is 5.88. The van der Waals surface area contributed by atoms with Crippen molar-refractivity contribution in [2.75, 3.05) is 45.8 Å². The number of piperidine rings is 2. The van der Waals surface area contributed by atoms with Crippen LogP contribution in [0.25, 0.3) is 0 Å². The zero-order valence-corrected chi connectivity index (χ0v) is 14.8. The van der Waals surface area contributed by atoms with Crippen molar-refractivity contribution >= 4 is 5.91 Å². The van der Waals surface area contributed by atoms with Gasteiger partial charge in [0.05, 0.1) is 0 Å². The van der Waals surface area contributed by atoms with Gasteiger partial charge in [0.1, 0.15) is 0 Å². The maximum atomic E-state index is 12.3. The molecule has 0 bridgehead atoms. The molecule has 4 nitrogen and oxygen atoms in total. The molecule has 1 N–H and O–H groups in total. The molecular formula is C18H35N3O. The summed E-state index contributed by atoms with van der Waals surface area (Å²) in [5.74, 6) is 2.06. The van der Waals surface area contributed by atoms with Gasteiger partial charge < -0.3 is 15.1 Å². The Morgan fingerprint density at radius 3 is 2.50 bits per heavy atom. The van der Waals surface area contributed by atoms with E-state index in [0.29, 0.717) is 0 Å². The molecule has 0 spiro atoms. The van der Waals surface area contributed by atoms with Gasteiger partial charge >= 0.3 is 0 Å². The highest BCUT2D eigenvalue weighted by Crippen LogP contribution is 2.18. The standard InChI is InChI=1S/C18H35N3O/c1-15(2)13-21-10-6-17(7-11-21)18(22)19-8-12-20-9-4-5-16(3)14-20/h15-17H,4-14H2,1-3H3,(H,19,22). The van der Waals surface area contributed by atoms with E-state index in [1.807, 2.05) is 0 Å². The molecule has 1 amide bonds. The van der Waals surface area contributed by atoms with Crippen LogP contribution in [0, 0.1) is 17.8 Å². The average molecular weight is 309 g/mol. The maximum absolute atomic E-state index is 12.3. The number of hydrogen-bond acceptors (Lipinski definition) is 3. The molecule has 2 aliphatic rings. The minimum atomic E-state index is 0.240. The van der Waals surface area contributed by atoms with E-state index in [2.05, 4.69) is 35.9 Å². The van der Waals surface area contributed by atoms with E-state index in [4.69, 9.17) is 0 Å². The second-order valence-corrected chi connectivity index (χ2v) is 7.81. The summed E-state index contributed by atoms with van der Waals surface area (Å²) < 4.78 is 0. The fraction of sp³-hybridized carbons (Fsp3) is 0.944. The van der Waals surface area contributed by atoms with E-state index in [0.717, 1.165) is 50.9 Å². The first kappa shape index (κ1) is 17.7. The summed E-state index contributed by atoms with van der Waals surface area (Å²) in [6, 6.07) is 0. The fourth-order valence-corrected chi connectivity index (χ4v) is 3.87. The minimum Gasteiger partial charge on any atom is -0.355 e. The van der Waals surface area contributed by atoms with Crippen molar-refractivity contribution in [2.45, 2.75) is 46.5 Å². The van der Waals surface area contributed by atoms with Crippen LogP contribution in [0.5, 0.6) is 0 Å². The van der Waals surface area contributed by atoms with Gasteiger partial charge in [0.15, 0.2) is 0 Å². The third-order valence-corrected chi connectivity index (χ3v) is 5.05.